The molecular weight excluding hydrogens is 419 g/mol. The number of hydrogen-bond acceptors (Lipinski definition) is 4. The van der Waals surface area contributed by atoms with Gasteiger partial charge in [0.25, 0.3) is 0 Å². The Hall–Kier alpha value is -1.98. The molecule has 5 nitrogen and oxygen atoms in total. The zero-order valence-corrected chi connectivity index (χ0v) is 19.1. The maximum Gasteiger partial charge on any atom is 0.203 e. The Morgan fingerprint density at radius 3 is 2.07 bits per heavy atom. The van der Waals surface area contributed by atoms with Crippen molar-refractivity contribution in [3.8, 4) is 23.0 Å². The van der Waals surface area contributed by atoms with Crippen LogP contribution in [-0.4, -0.2) is 32.8 Å². The van der Waals surface area contributed by atoms with Gasteiger partial charge in [-0.3, -0.25) is 0 Å². The maximum atomic E-state index is 5.44. The van der Waals surface area contributed by atoms with E-state index in [1.54, 1.807) is 28.4 Å². The second kappa shape index (κ2) is 8.81. The summed E-state index contributed by atoms with van der Waals surface area (Å²) in [7, 11) is 6.44. The van der Waals surface area contributed by atoms with E-state index < -0.39 is 0 Å². The van der Waals surface area contributed by atoms with Crippen LogP contribution in [0.2, 0.25) is 0 Å². The van der Waals surface area contributed by atoms with Gasteiger partial charge < -0.3 is 23.3 Å². The van der Waals surface area contributed by atoms with E-state index in [9.17, 15) is 0 Å². The molecule has 0 bridgehead atoms. The number of pyridine rings is 1. The minimum absolute atomic E-state index is 0. The molecule has 0 fully saturated rings. The first-order valence-corrected chi connectivity index (χ1v) is 8.11. The molecular formula is C21H22NO4Y-. The Bertz CT molecular complexity index is 953. The number of ether oxygens (including phenoxy) is 4. The fourth-order valence-electron chi connectivity index (χ4n) is 3.08. The topological polar surface area (TPSA) is 41.3 Å². The van der Waals surface area contributed by atoms with Crippen LogP contribution in [0.25, 0.3) is 11.1 Å². The molecule has 3 rings (SSSR count). The van der Waals surface area contributed by atoms with Crippen molar-refractivity contribution < 1.29 is 51.7 Å². The van der Waals surface area contributed by atoms with Crippen LogP contribution in [0.1, 0.15) is 16.8 Å². The number of nitrogens with zero attached hydrogens (tertiary/aromatic N) is 1. The van der Waals surface area contributed by atoms with Gasteiger partial charge in [-0.25, -0.2) is 0 Å². The van der Waals surface area contributed by atoms with Crippen LogP contribution in [0.5, 0.6) is 23.0 Å². The van der Waals surface area contributed by atoms with Crippen molar-refractivity contribution in [2.24, 2.45) is 0 Å². The van der Waals surface area contributed by atoms with Crippen molar-refractivity contribution in [3.05, 3.63) is 59.9 Å². The van der Waals surface area contributed by atoms with Gasteiger partial charge in [0.1, 0.15) is 5.75 Å². The van der Waals surface area contributed by atoms with Crippen LogP contribution in [0, 0.1) is 13.0 Å². The SMILES string of the molecule is C=C(c1cc(OC)c(OC)c(OC)c1)c1[c-]cc2c(C)c(OC)ccn12.[Y]. The third kappa shape index (κ3) is 3.71. The second-order valence-corrected chi connectivity index (χ2v) is 5.79. The van der Waals surface area contributed by atoms with Crippen molar-refractivity contribution in [2.45, 2.75) is 6.92 Å². The van der Waals surface area contributed by atoms with E-state index in [1.807, 2.05) is 41.8 Å². The average Bonchev–Trinajstić information content (AvgIpc) is 3.11. The van der Waals surface area contributed by atoms with Crippen molar-refractivity contribution in [1.29, 1.82) is 0 Å². The first-order chi connectivity index (χ1) is 12.5. The molecule has 3 aromatic rings. The summed E-state index contributed by atoms with van der Waals surface area (Å²) >= 11 is 0. The molecule has 1 radical (unpaired) electrons. The molecule has 6 heteroatoms. The molecule has 0 aliphatic carbocycles. The predicted molar refractivity (Wildman–Crippen MR) is 102 cm³/mol. The van der Waals surface area contributed by atoms with Crippen molar-refractivity contribution in [3.63, 3.8) is 0 Å². The Morgan fingerprint density at radius 1 is 0.963 bits per heavy atom. The van der Waals surface area contributed by atoms with Gasteiger partial charge in [0.15, 0.2) is 11.5 Å². The van der Waals surface area contributed by atoms with E-state index in [2.05, 4.69) is 12.6 Å². The number of aryl methyl sites for hydroxylation is 1. The average molecular weight is 441 g/mol. The fraction of sp³-hybridized carbons (Fsp3) is 0.238. The van der Waals surface area contributed by atoms with Crippen LogP contribution < -0.4 is 18.9 Å². The molecule has 0 atom stereocenters. The van der Waals surface area contributed by atoms with Gasteiger partial charge in [0.2, 0.25) is 5.75 Å². The molecule has 2 heterocycles. The quantitative estimate of drug-likeness (QED) is 0.540. The summed E-state index contributed by atoms with van der Waals surface area (Å²) in [5, 5.41) is 0. The van der Waals surface area contributed by atoms with Crippen LogP contribution in [0.3, 0.4) is 0 Å². The largest absolute Gasteiger partial charge is 0.497 e. The summed E-state index contributed by atoms with van der Waals surface area (Å²) in [6.07, 6.45) is 1.95. The number of benzene rings is 1. The molecule has 0 unspecified atom stereocenters. The third-order valence-corrected chi connectivity index (χ3v) is 4.49. The van der Waals surface area contributed by atoms with Crippen LogP contribution in [-0.2, 0) is 32.7 Å². The van der Waals surface area contributed by atoms with Crippen molar-refractivity contribution >= 4 is 11.1 Å². The Kier molecular flexibility index (Phi) is 6.96. The molecule has 0 aliphatic heterocycles. The predicted octanol–water partition coefficient (Wildman–Crippen LogP) is 4.14. The standard InChI is InChI=1S/C21H22NO4.Y/c1-13(15-11-19(24-4)21(26-6)20(12-15)25-5)16-7-8-17-14(2)18(23-3)9-10-22(16)17;/h8-12H,1H2,2-6H3;/q-1;. The normalized spacial score (nSPS) is 10.3. The minimum atomic E-state index is 0. The van der Waals surface area contributed by atoms with Gasteiger partial charge in [-0.2, -0.15) is 12.1 Å². The molecule has 0 N–H and O–H groups in total. The zero-order valence-electron chi connectivity index (χ0n) is 16.3. The van der Waals surface area contributed by atoms with Gasteiger partial charge in [-0.1, -0.05) is 11.3 Å². The van der Waals surface area contributed by atoms with E-state index in [0.29, 0.717) is 17.2 Å². The smallest absolute Gasteiger partial charge is 0.203 e. The first kappa shape index (κ1) is 21.3. The summed E-state index contributed by atoms with van der Waals surface area (Å²) in [5.41, 5.74) is 4.60. The maximum absolute atomic E-state index is 5.44. The molecule has 0 amide bonds. The summed E-state index contributed by atoms with van der Waals surface area (Å²) in [5.74, 6) is 2.56. The van der Waals surface area contributed by atoms with Crippen LogP contribution >= 0.6 is 0 Å². The molecule has 0 saturated carbocycles. The summed E-state index contributed by atoms with van der Waals surface area (Å²) in [6.45, 7) is 6.28. The van der Waals surface area contributed by atoms with E-state index in [-0.39, 0.29) is 32.7 Å². The van der Waals surface area contributed by atoms with E-state index in [0.717, 1.165) is 33.7 Å². The molecule has 2 aromatic heterocycles. The fourth-order valence-corrected chi connectivity index (χ4v) is 3.08. The van der Waals surface area contributed by atoms with E-state index in [4.69, 9.17) is 18.9 Å². The number of hydrogen-bond donors (Lipinski definition) is 0. The monoisotopic (exact) mass is 441 g/mol. The Labute approximate surface area is 184 Å². The summed E-state index contributed by atoms with van der Waals surface area (Å²) in [6, 6.07) is 10.9. The second-order valence-electron chi connectivity index (χ2n) is 5.79. The summed E-state index contributed by atoms with van der Waals surface area (Å²) in [4.78, 5) is 0. The minimum Gasteiger partial charge on any atom is -0.497 e. The van der Waals surface area contributed by atoms with Gasteiger partial charge in [-0.05, 0) is 42.4 Å². The number of aromatic nitrogens is 1. The van der Waals surface area contributed by atoms with Crippen molar-refractivity contribution in [1.82, 2.24) is 4.40 Å². The van der Waals surface area contributed by atoms with Gasteiger partial charge in [-0.15, -0.1) is 12.2 Å². The number of rotatable bonds is 6. The third-order valence-electron chi connectivity index (χ3n) is 4.49. The molecule has 1 aromatic carbocycles. The van der Waals surface area contributed by atoms with Gasteiger partial charge in [0, 0.05) is 32.7 Å². The Balaban J connectivity index is 0.00000261. The van der Waals surface area contributed by atoms with Crippen molar-refractivity contribution in [2.75, 3.05) is 28.4 Å². The molecule has 139 valence electrons. The summed E-state index contributed by atoms with van der Waals surface area (Å²) < 4.78 is 23.7. The first-order valence-electron chi connectivity index (χ1n) is 8.11. The molecule has 0 aliphatic rings. The van der Waals surface area contributed by atoms with E-state index >= 15 is 0 Å². The van der Waals surface area contributed by atoms with Crippen LogP contribution in [0.4, 0.5) is 0 Å². The van der Waals surface area contributed by atoms with E-state index in [1.165, 1.54) is 0 Å². The molecule has 27 heavy (non-hydrogen) atoms. The number of methoxy groups -OCH3 is 4. The van der Waals surface area contributed by atoms with Gasteiger partial charge in [0.05, 0.1) is 28.4 Å². The van der Waals surface area contributed by atoms with Gasteiger partial charge >= 0.3 is 0 Å². The Morgan fingerprint density at radius 2 is 1.56 bits per heavy atom. The van der Waals surface area contributed by atoms with Crippen LogP contribution in [0.15, 0.2) is 37.0 Å². The number of fused-ring (bicyclic) bond motifs is 1. The molecule has 0 spiro atoms. The zero-order chi connectivity index (χ0) is 18.8. The molecule has 0 saturated heterocycles.